The second kappa shape index (κ2) is 6.84. The maximum Gasteiger partial charge on any atom is 0.270 e. The predicted octanol–water partition coefficient (Wildman–Crippen LogP) is 4.46. The number of benzene rings is 2. The molecule has 24 heavy (non-hydrogen) atoms. The smallest absolute Gasteiger partial charge is 0.270 e. The van der Waals surface area contributed by atoms with E-state index in [2.05, 4.69) is 0 Å². The summed E-state index contributed by atoms with van der Waals surface area (Å²) in [5.41, 5.74) is 1.13. The summed E-state index contributed by atoms with van der Waals surface area (Å²) < 4.78 is 5.55. The van der Waals surface area contributed by atoms with Gasteiger partial charge in [-0.25, -0.2) is 0 Å². The van der Waals surface area contributed by atoms with Gasteiger partial charge < -0.3 is 9.84 Å². The summed E-state index contributed by atoms with van der Waals surface area (Å²) in [7, 11) is 1.58. The molecule has 1 N–H and O–H groups in total. The minimum atomic E-state index is -0.241. The van der Waals surface area contributed by atoms with E-state index in [1.807, 2.05) is 0 Å². The molecule has 4 nitrogen and oxygen atoms in total. The molecule has 7 heteroatoms. The zero-order chi connectivity index (χ0) is 17.3. The molecular weight excluding hydrogens is 366 g/mol. The third-order valence-corrected chi connectivity index (χ3v) is 4.94. The average Bonchev–Trinajstić information content (AvgIpc) is 2.85. The van der Waals surface area contributed by atoms with Crippen LogP contribution >= 0.6 is 35.6 Å². The Hall–Kier alpha value is -2.02. The van der Waals surface area contributed by atoms with Crippen molar-refractivity contribution in [1.29, 1.82) is 0 Å². The first kappa shape index (κ1) is 16.8. The highest BCUT2D eigenvalue weighted by molar-refractivity contribution is 8.27. The number of hydrogen-bond acceptors (Lipinski definition) is 5. The first-order chi connectivity index (χ1) is 11.5. The standard InChI is InChI=1S/C17H12ClNO3S2/c1-22-13-5-3-12(4-6-13)19-16(21)15(24-17(19)23)9-10-8-11(18)2-7-14(10)20/h2-9,20H,1H3/b15-9+. The molecule has 1 aliphatic rings. The van der Waals surface area contributed by atoms with Crippen molar-refractivity contribution < 1.29 is 14.6 Å². The van der Waals surface area contributed by atoms with E-state index in [1.54, 1.807) is 49.6 Å². The molecule has 3 rings (SSSR count). The molecule has 0 bridgehead atoms. The summed E-state index contributed by atoms with van der Waals surface area (Å²) in [5, 5.41) is 10.4. The summed E-state index contributed by atoms with van der Waals surface area (Å²) in [6, 6.07) is 11.7. The molecule has 122 valence electrons. The molecule has 1 aliphatic heterocycles. The number of nitrogens with zero attached hydrogens (tertiary/aromatic N) is 1. The van der Waals surface area contributed by atoms with Crippen LogP contribution in [0, 0.1) is 0 Å². The minimum Gasteiger partial charge on any atom is -0.507 e. The van der Waals surface area contributed by atoms with Crippen molar-refractivity contribution in [3.05, 3.63) is 58.0 Å². The number of carbonyl (C=O) groups excluding carboxylic acids is 1. The van der Waals surface area contributed by atoms with Crippen molar-refractivity contribution in [3.8, 4) is 11.5 Å². The molecule has 0 aromatic heterocycles. The van der Waals surface area contributed by atoms with Crippen LogP contribution in [0.4, 0.5) is 5.69 Å². The largest absolute Gasteiger partial charge is 0.507 e. The zero-order valence-corrected chi connectivity index (χ0v) is 14.9. The van der Waals surface area contributed by atoms with E-state index in [-0.39, 0.29) is 11.7 Å². The number of phenols is 1. The molecule has 0 atom stereocenters. The summed E-state index contributed by atoms with van der Waals surface area (Å²) in [6.45, 7) is 0. The molecule has 2 aromatic rings. The summed E-state index contributed by atoms with van der Waals surface area (Å²) in [4.78, 5) is 14.6. The van der Waals surface area contributed by atoms with E-state index in [4.69, 9.17) is 28.6 Å². The number of carbonyl (C=O) groups is 1. The highest BCUT2D eigenvalue weighted by atomic mass is 35.5. The molecule has 1 fully saturated rings. The van der Waals surface area contributed by atoms with Gasteiger partial charge in [0, 0.05) is 10.6 Å². The van der Waals surface area contributed by atoms with E-state index in [1.165, 1.54) is 22.7 Å². The van der Waals surface area contributed by atoms with Gasteiger partial charge in [0.2, 0.25) is 0 Å². The Morgan fingerprint density at radius 1 is 1.25 bits per heavy atom. The number of amides is 1. The number of thioether (sulfide) groups is 1. The number of aromatic hydroxyl groups is 1. The van der Waals surface area contributed by atoms with E-state index in [0.717, 1.165) is 0 Å². The van der Waals surface area contributed by atoms with Crippen LogP contribution in [-0.4, -0.2) is 22.4 Å². The Bertz CT molecular complexity index is 849. The van der Waals surface area contributed by atoms with Gasteiger partial charge in [-0.15, -0.1) is 0 Å². The highest BCUT2D eigenvalue weighted by Crippen LogP contribution is 2.37. The van der Waals surface area contributed by atoms with Crippen molar-refractivity contribution in [2.24, 2.45) is 0 Å². The van der Waals surface area contributed by atoms with Crippen molar-refractivity contribution in [2.45, 2.75) is 0 Å². The number of anilines is 1. The van der Waals surface area contributed by atoms with E-state index in [0.29, 0.717) is 31.2 Å². The Morgan fingerprint density at radius 3 is 2.62 bits per heavy atom. The van der Waals surface area contributed by atoms with E-state index >= 15 is 0 Å². The van der Waals surface area contributed by atoms with Gasteiger partial charge in [0.25, 0.3) is 5.91 Å². The van der Waals surface area contributed by atoms with Crippen molar-refractivity contribution in [1.82, 2.24) is 0 Å². The monoisotopic (exact) mass is 377 g/mol. The van der Waals surface area contributed by atoms with Gasteiger partial charge in [0.05, 0.1) is 17.7 Å². The van der Waals surface area contributed by atoms with Gasteiger partial charge in [0.1, 0.15) is 11.5 Å². The molecule has 0 radical (unpaired) electrons. The van der Waals surface area contributed by atoms with Gasteiger partial charge in [-0.3, -0.25) is 9.69 Å². The molecule has 0 saturated carbocycles. The minimum absolute atomic E-state index is 0.0501. The van der Waals surface area contributed by atoms with E-state index < -0.39 is 0 Å². The number of phenolic OH excluding ortho intramolecular Hbond substituents is 1. The van der Waals surface area contributed by atoms with Crippen LogP contribution in [0.15, 0.2) is 47.4 Å². The van der Waals surface area contributed by atoms with Crippen LogP contribution in [-0.2, 0) is 4.79 Å². The Kier molecular flexibility index (Phi) is 4.80. The maximum atomic E-state index is 12.7. The van der Waals surface area contributed by atoms with E-state index in [9.17, 15) is 9.90 Å². The highest BCUT2D eigenvalue weighted by Gasteiger charge is 2.33. The third kappa shape index (κ3) is 3.26. The Labute approximate surface area is 153 Å². The Morgan fingerprint density at radius 2 is 1.96 bits per heavy atom. The number of ether oxygens (including phenoxy) is 1. The Balaban J connectivity index is 1.93. The van der Waals surface area contributed by atoms with Crippen LogP contribution in [0.25, 0.3) is 6.08 Å². The lowest BCUT2D eigenvalue weighted by atomic mass is 10.2. The van der Waals surface area contributed by atoms with Crippen molar-refractivity contribution in [3.63, 3.8) is 0 Å². The number of halogens is 1. The van der Waals surface area contributed by atoms with Crippen LogP contribution in [0.2, 0.25) is 5.02 Å². The molecule has 1 amide bonds. The number of rotatable bonds is 3. The van der Waals surface area contributed by atoms with Crippen LogP contribution in [0.5, 0.6) is 11.5 Å². The second-order valence-corrected chi connectivity index (χ2v) is 7.03. The lowest BCUT2D eigenvalue weighted by Gasteiger charge is -2.14. The number of hydrogen-bond donors (Lipinski definition) is 1. The molecule has 2 aromatic carbocycles. The molecule has 0 unspecified atom stereocenters. The summed E-state index contributed by atoms with van der Waals surface area (Å²) in [5.74, 6) is 0.507. The molecule has 1 saturated heterocycles. The van der Waals surface area contributed by atoms with Crippen molar-refractivity contribution >= 4 is 57.6 Å². The summed E-state index contributed by atoms with van der Waals surface area (Å²) in [6.07, 6.45) is 1.59. The lowest BCUT2D eigenvalue weighted by molar-refractivity contribution is -0.113. The van der Waals surface area contributed by atoms with Gasteiger partial charge in [-0.1, -0.05) is 35.6 Å². The quantitative estimate of drug-likeness (QED) is 0.632. The SMILES string of the molecule is COc1ccc(N2C(=O)/C(=C\c3cc(Cl)ccc3O)SC2=S)cc1. The van der Waals surface area contributed by atoms with Crippen LogP contribution in [0.1, 0.15) is 5.56 Å². The van der Waals surface area contributed by atoms with Gasteiger partial charge in [0.15, 0.2) is 4.32 Å². The van der Waals surface area contributed by atoms with Gasteiger partial charge >= 0.3 is 0 Å². The third-order valence-electron chi connectivity index (χ3n) is 3.40. The molecule has 0 spiro atoms. The van der Waals surface area contributed by atoms with Crippen molar-refractivity contribution in [2.75, 3.05) is 12.0 Å². The van der Waals surface area contributed by atoms with Gasteiger partial charge in [-0.05, 0) is 48.5 Å². The average molecular weight is 378 g/mol. The lowest BCUT2D eigenvalue weighted by Crippen LogP contribution is -2.27. The fraction of sp³-hybridized carbons (Fsp3) is 0.0588. The van der Waals surface area contributed by atoms with Gasteiger partial charge in [-0.2, -0.15) is 0 Å². The maximum absolute atomic E-state index is 12.7. The second-order valence-electron chi connectivity index (χ2n) is 4.92. The first-order valence-electron chi connectivity index (χ1n) is 6.90. The van der Waals surface area contributed by atoms with Crippen LogP contribution < -0.4 is 9.64 Å². The fourth-order valence-corrected chi connectivity index (χ4v) is 3.67. The molecular formula is C17H12ClNO3S2. The number of methoxy groups -OCH3 is 1. The topological polar surface area (TPSA) is 49.8 Å². The fourth-order valence-electron chi connectivity index (χ4n) is 2.20. The molecule has 0 aliphatic carbocycles. The van der Waals surface area contributed by atoms with Crippen LogP contribution in [0.3, 0.4) is 0 Å². The summed E-state index contributed by atoms with van der Waals surface area (Å²) >= 11 is 12.4. The first-order valence-corrected chi connectivity index (χ1v) is 8.50. The normalized spacial score (nSPS) is 16.1. The predicted molar refractivity (Wildman–Crippen MR) is 102 cm³/mol. The zero-order valence-electron chi connectivity index (χ0n) is 12.5. The number of thiocarbonyl (C=S) groups is 1. The molecule has 1 heterocycles.